The molecule has 0 atom stereocenters. The Morgan fingerprint density at radius 3 is 2.65 bits per heavy atom. The van der Waals surface area contributed by atoms with E-state index in [2.05, 4.69) is 11.0 Å². The van der Waals surface area contributed by atoms with E-state index < -0.39 is 0 Å². The SMILES string of the molecule is CCc1ccc(CN2CCC3(CCCO3)CC2)cc1F. The van der Waals surface area contributed by atoms with E-state index >= 15 is 0 Å². The molecule has 1 aromatic carbocycles. The monoisotopic (exact) mass is 277 g/mol. The number of nitrogens with zero attached hydrogens (tertiary/aromatic N) is 1. The molecule has 2 aliphatic heterocycles. The first-order chi connectivity index (χ1) is 9.71. The maximum absolute atomic E-state index is 13.8. The van der Waals surface area contributed by atoms with E-state index in [-0.39, 0.29) is 11.4 Å². The first kappa shape index (κ1) is 14.0. The number of hydrogen-bond acceptors (Lipinski definition) is 2. The summed E-state index contributed by atoms with van der Waals surface area (Å²) >= 11 is 0. The van der Waals surface area contributed by atoms with Crippen LogP contribution in [0.5, 0.6) is 0 Å². The summed E-state index contributed by atoms with van der Waals surface area (Å²) in [6.07, 6.45) is 5.45. The van der Waals surface area contributed by atoms with Crippen LogP contribution in [0.25, 0.3) is 0 Å². The third-order valence-electron chi connectivity index (χ3n) is 4.86. The van der Waals surface area contributed by atoms with Gasteiger partial charge in [-0.2, -0.15) is 0 Å². The molecule has 1 spiro atoms. The second-order valence-electron chi connectivity index (χ2n) is 6.19. The third kappa shape index (κ3) is 2.89. The Bertz CT molecular complexity index is 458. The van der Waals surface area contributed by atoms with Crippen LogP contribution in [0.15, 0.2) is 18.2 Å². The number of likely N-dealkylation sites (tertiary alicyclic amines) is 1. The molecular weight excluding hydrogens is 253 g/mol. The molecule has 2 nitrogen and oxygen atoms in total. The van der Waals surface area contributed by atoms with Crippen LogP contribution in [0.3, 0.4) is 0 Å². The Balaban J connectivity index is 1.58. The fourth-order valence-electron chi connectivity index (χ4n) is 3.50. The molecule has 0 aromatic heterocycles. The molecule has 3 heteroatoms. The second-order valence-corrected chi connectivity index (χ2v) is 6.19. The van der Waals surface area contributed by atoms with Gasteiger partial charge in [0.25, 0.3) is 0 Å². The number of ether oxygens (including phenoxy) is 1. The second kappa shape index (κ2) is 5.82. The van der Waals surface area contributed by atoms with Crippen LogP contribution < -0.4 is 0 Å². The van der Waals surface area contributed by atoms with Crippen molar-refractivity contribution in [1.29, 1.82) is 0 Å². The quantitative estimate of drug-likeness (QED) is 0.838. The van der Waals surface area contributed by atoms with Crippen LogP contribution in [-0.2, 0) is 17.7 Å². The van der Waals surface area contributed by atoms with Crippen LogP contribution in [0.1, 0.15) is 43.7 Å². The molecule has 0 radical (unpaired) electrons. The van der Waals surface area contributed by atoms with Gasteiger partial charge in [-0.1, -0.05) is 19.1 Å². The van der Waals surface area contributed by atoms with Gasteiger partial charge in [0.2, 0.25) is 0 Å². The number of benzene rings is 1. The van der Waals surface area contributed by atoms with Crippen molar-refractivity contribution in [1.82, 2.24) is 4.90 Å². The average molecular weight is 277 g/mol. The Hall–Kier alpha value is -0.930. The normalized spacial score (nSPS) is 22.5. The average Bonchev–Trinajstić information content (AvgIpc) is 2.90. The van der Waals surface area contributed by atoms with Gasteiger partial charge < -0.3 is 4.74 Å². The van der Waals surface area contributed by atoms with Gasteiger partial charge in [-0.25, -0.2) is 4.39 Å². The summed E-state index contributed by atoms with van der Waals surface area (Å²) < 4.78 is 19.7. The standard InChI is InChI=1S/C17H24FNO/c1-2-15-5-4-14(12-16(15)18)13-19-9-7-17(8-10-19)6-3-11-20-17/h4-5,12H,2-3,6-11,13H2,1H3. The van der Waals surface area contributed by atoms with Crippen LogP contribution >= 0.6 is 0 Å². The van der Waals surface area contributed by atoms with Gasteiger partial charge >= 0.3 is 0 Å². The topological polar surface area (TPSA) is 12.5 Å². The van der Waals surface area contributed by atoms with E-state index in [1.54, 1.807) is 6.07 Å². The van der Waals surface area contributed by atoms with Gasteiger partial charge in [0, 0.05) is 26.2 Å². The lowest BCUT2D eigenvalue weighted by Crippen LogP contribution is -2.43. The highest BCUT2D eigenvalue weighted by Crippen LogP contribution is 2.35. The highest BCUT2D eigenvalue weighted by atomic mass is 19.1. The predicted octanol–water partition coefficient (Wildman–Crippen LogP) is 3.53. The van der Waals surface area contributed by atoms with Crippen LogP contribution in [-0.4, -0.2) is 30.2 Å². The molecule has 2 saturated heterocycles. The molecule has 110 valence electrons. The van der Waals surface area contributed by atoms with Gasteiger partial charge in [-0.3, -0.25) is 4.90 Å². The van der Waals surface area contributed by atoms with Crippen molar-refractivity contribution in [2.45, 2.75) is 51.2 Å². The maximum atomic E-state index is 13.8. The lowest BCUT2D eigenvalue weighted by molar-refractivity contribution is -0.0447. The van der Waals surface area contributed by atoms with E-state index in [1.807, 2.05) is 13.0 Å². The minimum Gasteiger partial charge on any atom is -0.375 e. The Labute approximate surface area is 120 Å². The van der Waals surface area contributed by atoms with Crippen molar-refractivity contribution in [3.63, 3.8) is 0 Å². The van der Waals surface area contributed by atoms with Crippen molar-refractivity contribution in [3.05, 3.63) is 35.1 Å². The number of aryl methyl sites for hydroxylation is 1. The highest BCUT2D eigenvalue weighted by molar-refractivity contribution is 5.24. The number of rotatable bonds is 3. The molecule has 0 amide bonds. The van der Waals surface area contributed by atoms with Crippen molar-refractivity contribution >= 4 is 0 Å². The zero-order chi connectivity index (χ0) is 14.0. The van der Waals surface area contributed by atoms with Gasteiger partial charge in [-0.05, 0) is 49.3 Å². The summed E-state index contributed by atoms with van der Waals surface area (Å²) in [5.41, 5.74) is 2.07. The first-order valence-electron chi connectivity index (χ1n) is 7.84. The van der Waals surface area contributed by atoms with Gasteiger partial charge in [0.05, 0.1) is 5.60 Å². The molecule has 3 rings (SSSR count). The van der Waals surface area contributed by atoms with Gasteiger partial charge in [-0.15, -0.1) is 0 Å². The van der Waals surface area contributed by atoms with E-state index in [9.17, 15) is 4.39 Å². The molecule has 0 unspecified atom stereocenters. The van der Waals surface area contributed by atoms with E-state index in [0.717, 1.165) is 56.6 Å². The van der Waals surface area contributed by atoms with E-state index in [1.165, 1.54) is 12.8 Å². The first-order valence-corrected chi connectivity index (χ1v) is 7.84. The van der Waals surface area contributed by atoms with E-state index in [4.69, 9.17) is 4.74 Å². The maximum Gasteiger partial charge on any atom is 0.126 e. The fraction of sp³-hybridized carbons (Fsp3) is 0.647. The van der Waals surface area contributed by atoms with Crippen molar-refractivity contribution in [3.8, 4) is 0 Å². The molecule has 0 aliphatic carbocycles. The smallest absolute Gasteiger partial charge is 0.126 e. The minimum atomic E-state index is -0.0578. The zero-order valence-electron chi connectivity index (χ0n) is 12.3. The molecular formula is C17H24FNO. The Morgan fingerprint density at radius 1 is 1.25 bits per heavy atom. The lowest BCUT2D eigenvalue weighted by atomic mass is 9.88. The Kier molecular flexibility index (Phi) is 4.08. The summed E-state index contributed by atoms with van der Waals surface area (Å²) in [5.74, 6) is -0.0578. The summed E-state index contributed by atoms with van der Waals surface area (Å²) in [5, 5.41) is 0. The van der Waals surface area contributed by atoms with E-state index in [0.29, 0.717) is 0 Å². The summed E-state index contributed by atoms with van der Waals surface area (Å²) in [4.78, 5) is 2.42. The minimum absolute atomic E-state index is 0.0578. The fourth-order valence-corrected chi connectivity index (χ4v) is 3.50. The summed E-state index contributed by atoms with van der Waals surface area (Å²) in [7, 11) is 0. The Morgan fingerprint density at radius 2 is 2.05 bits per heavy atom. The van der Waals surface area contributed by atoms with Crippen LogP contribution in [0.4, 0.5) is 4.39 Å². The molecule has 0 bridgehead atoms. The number of hydrogen-bond donors (Lipinski definition) is 0. The van der Waals surface area contributed by atoms with Crippen molar-refractivity contribution in [2.24, 2.45) is 0 Å². The van der Waals surface area contributed by atoms with Crippen LogP contribution in [0, 0.1) is 5.82 Å². The number of piperidine rings is 1. The van der Waals surface area contributed by atoms with Crippen molar-refractivity contribution in [2.75, 3.05) is 19.7 Å². The lowest BCUT2D eigenvalue weighted by Gasteiger charge is -2.38. The predicted molar refractivity (Wildman–Crippen MR) is 78.2 cm³/mol. The molecule has 1 aromatic rings. The van der Waals surface area contributed by atoms with Crippen molar-refractivity contribution < 1.29 is 9.13 Å². The summed E-state index contributed by atoms with van der Waals surface area (Å²) in [6, 6.07) is 5.70. The third-order valence-corrected chi connectivity index (χ3v) is 4.86. The molecule has 2 heterocycles. The largest absolute Gasteiger partial charge is 0.375 e. The summed E-state index contributed by atoms with van der Waals surface area (Å²) in [6.45, 7) is 5.92. The van der Waals surface area contributed by atoms with Gasteiger partial charge in [0.15, 0.2) is 0 Å². The molecule has 20 heavy (non-hydrogen) atoms. The molecule has 2 aliphatic rings. The van der Waals surface area contributed by atoms with Crippen LogP contribution in [0.2, 0.25) is 0 Å². The zero-order valence-corrected chi connectivity index (χ0v) is 12.3. The molecule has 0 saturated carbocycles. The molecule has 2 fully saturated rings. The number of halogens is 1. The highest BCUT2D eigenvalue weighted by Gasteiger charge is 2.38. The van der Waals surface area contributed by atoms with Gasteiger partial charge in [0.1, 0.15) is 5.82 Å². The molecule has 0 N–H and O–H groups in total.